The molecule has 0 bridgehead atoms. The predicted molar refractivity (Wildman–Crippen MR) is 151 cm³/mol. The van der Waals surface area contributed by atoms with Crippen molar-refractivity contribution in [1.82, 2.24) is 10.2 Å². The summed E-state index contributed by atoms with van der Waals surface area (Å²) >= 11 is 6.14. The molecule has 0 saturated carbocycles. The van der Waals surface area contributed by atoms with Crippen molar-refractivity contribution in [2.75, 3.05) is 17.4 Å². The molecule has 202 valence electrons. The number of hydrogen-bond donors (Lipinski definition) is 1. The van der Waals surface area contributed by atoms with Crippen molar-refractivity contribution in [3.8, 4) is 0 Å². The van der Waals surface area contributed by atoms with E-state index in [9.17, 15) is 18.0 Å². The Morgan fingerprint density at radius 2 is 1.53 bits per heavy atom. The fourth-order valence-corrected chi connectivity index (χ4v) is 5.67. The van der Waals surface area contributed by atoms with Gasteiger partial charge in [-0.15, -0.1) is 0 Å². The second-order valence-corrected chi connectivity index (χ2v) is 11.9. The van der Waals surface area contributed by atoms with Crippen molar-refractivity contribution in [2.45, 2.75) is 45.2 Å². The van der Waals surface area contributed by atoms with Gasteiger partial charge in [-0.2, -0.15) is 0 Å². The van der Waals surface area contributed by atoms with E-state index in [1.54, 1.807) is 50.2 Å². The molecule has 3 rings (SSSR count). The Kier molecular flexibility index (Phi) is 9.94. The number of halogens is 1. The molecule has 0 saturated heterocycles. The van der Waals surface area contributed by atoms with Crippen molar-refractivity contribution in [1.29, 1.82) is 0 Å². The number of rotatable bonds is 11. The number of carbonyl (C=O) groups excluding carboxylic acids is 2. The molecule has 3 aromatic carbocycles. The van der Waals surface area contributed by atoms with Crippen LogP contribution in [0.15, 0.2) is 83.8 Å². The summed E-state index contributed by atoms with van der Waals surface area (Å²) < 4.78 is 28.7. The summed E-state index contributed by atoms with van der Waals surface area (Å²) in [5, 5.41) is 3.33. The van der Waals surface area contributed by atoms with Gasteiger partial charge in [0, 0.05) is 18.1 Å². The monoisotopic (exact) mass is 555 g/mol. The van der Waals surface area contributed by atoms with Crippen molar-refractivity contribution in [2.24, 2.45) is 5.92 Å². The molecule has 0 aromatic heterocycles. The summed E-state index contributed by atoms with van der Waals surface area (Å²) in [7, 11) is -4.12. The fourth-order valence-electron chi connectivity index (χ4n) is 3.95. The van der Waals surface area contributed by atoms with Gasteiger partial charge >= 0.3 is 0 Å². The molecule has 9 heteroatoms. The molecule has 38 heavy (non-hydrogen) atoms. The van der Waals surface area contributed by atoms with Gasteiger partial charge in [0.2, 0.25) is 11.8 Å². The van der Waals surface area contributed by atoms with Crippen molar-refractivity contribution >= 4 is 39.1 Å². The minimum Gasteiger partial charge on any atom is -0.354 e. The molecule has 1 atom stereocenters. The summed E-state index contributed by atoms with van der Waals surface area (Å²) in [6.07, 6.45) is 0. The Bertz CT molecular complexity index is 1350. The third-order valence-corrected chi connectivity index (χ3v) is 8.09. The SMILES string of the molecule is Cc1cc(Cl)ccc1N(CC(=O)N(Cc1ccccc1)C(C)C(=O)NCC(C)C)S(=O)(=O)c1ccccc1. The smallest absolute Gasteiger partial charge is 0.264 e. The zero-order valence-corrected chi connectivity index (χ0v) is 23.7. The second-order valence-electron chi connectivity index (χ2n) is 9.58. The number of benzene rings is 3. The Labute approximate surface area is 230 Å². The van der Waals surface area contributed by atoms with Gasteiger partial charge in [-0.1, -0.05) is 74.0 Å². The van der Waals surface area contributed by atoms with Gasteiger partial charge in [0.1, 0.15) is 12.6 Å². The summed E-state index contributed by atoms with van der Waals surface area (Å²) in [6.45, 7) is 7.48. The Morgan fingerprint density at radius 1 is 0.921 bits per heavy atom. The molecule has 0 fully saturated rings. The van der Waals surface area contributed by atoms with E-state index >= 15 is 0 Å². The molecule has 0 aliphatic heterocycles. The molecule has 0 radical (unpaired) electrons. The quantitative estimate of drug-likeness (QED) is 0.359. The number of sulfonamides is 1. The average Bonchev–Trinajstić information content (AvgIpc) is 2.90. The molecule has 1 unspecified atom stereocenters. The highest BCUT2D eigenvalue weighted by Gasteiger charge is 2.33. The van der Waals surface area contributed by atoms with E-state index < -0.39 is 28.5 Å². The van der Waals surface area contributed by atoms with Crippen LogP contribution in [0.5, 0.6) is 0 Å². The number of carbonyl (C=O) groups is 2. The van der Waals surface area contributed by atoms with E-state index in [2.05, 4.69) is 5.32 Å². The molecule has 0 aliphatic carbocycles. The van der Waals surface area contributed by atoms with Gasteiger partial charge in [0.05, 0.1) is 10.6 Å². The third-order valence-electron chi connectivity index (χ3n) is 6.09. The van der Waals surface area contributed by atoms with Gasteiger partial charge in [0.15, 0.2) is 0 Å². The largest absolute Gasteiger partial charge is 0.354 e. The van der Waals surface area contributed by atoms with Gasteiger partial charge in [-0.25, -0.2) is 8.42 Å². The minimum absolute atomic E-state index is 0.0551. The van der Waals surface area contributed by atoms with Gasteiger partial charge in [-0.3, -0.25) is 13.9 Å². The highest BCUT2D eigenvalue weighted by Crippen LogP contribution is 2.29. The molecule has 1 N–H and O–H groups in total. The maximum Gasteiger partial charge on any atom is 0.264 e. The standard InChI is InChI=1S/C29H34ClN3O4S/c1-21(2)18-31-29(35)23(4)32(19-24-11-7-5-8-12-24)28(34)20-33(27-16-15-25(30)17-22(27)3)38(36,37)26-13-9-6-10-14-26/h5-17,21,23H,18-20H2,1-4H3,(H,31,35). The molecule has 3 aromatic rings. The topological polar surface area (TPSA) is 86.8 Å². The molecular formula is C29H34ClN3O4S. The van der Waals surface area contributed by atoms with E-state index in [-0.39, 0.29) is 23.3 Å². The van der Waals surface area contributed by atoms with Crippen LogP contribution in [0, 0.1) is 12.8 Å². The van der Waals surface area contributed by atoms with Crippen LogP contribution in [0.4, 0.5) is 5.69 Å². The Hall–Kier alpha value is -3.36. The number of amides is 2. The van der Waals surface area contributed by atoms with Crippen LogP contribution in [0.3, 0.4) is 0 Å². The van der Waals surface area contributed by atoms with Crippen LogP contribution in [-0.2, 0) is 26.2 Å². The van der Waals surface area contributed by atoms with Crippen LogP contribution in [0.1, 0.15) is 31.9 Å². The first-order valence-corrected chi connectivity index (χ1v) is 14.3. The number of nitrogens with zero attached hydrogens (tertiary/aromatic N) is 2. The lowest BCUT2D eigenvalue weighted by Crippen LogP contribution is -2.51. The van der Waals surface area contributed by atoms with E-state index in [1.807, 2.05) is 44.2 Å². The van der Waals surface area contributed by atoms with Crippen LogP contribution < -0.4 is 9.62 Å². The summed E-state index contributed by atoms with van der Waals surface area (Å²) in [5.41, 5.74) is 1.76. The minimum atomic E-state index is -4.12. The van der Waals surface area contributed by atoms with E-state index in [4.69, 9.17) is 11.6 Å². The summed E-state index contributed by atoms with van der Waals surface area (Å²) in [6, 6.07) is 21.3. The van der Waals surface area contributed by atoms with Crippen LogP contribution >= 0.6 is 11.6 Å². The van der Waals surface area contributed by atoms with Gasteiger partial charge < -0.3 is 10.2 Å². The average molecular weight is 556 g/mol. The lowest BCUT2D eigenvalue weighted by Gasteiger charge is -2.32. The lowest BCUT2D eigenvalue weighted by atomic mass is 10.1. The van der Waals surface area contributed by atoms with Crippen molar-refractivity contribution < 1.29 is 18.0 Å². The van der Waals surface area contributed by atoms with E-state index in [0.29, 0.717) is 22.8 Å². The molecule has 0 spiro atoms. The van der Waals surface area contributed by atoms with Gasteiger partial charge in [0.25, 0.3) is 10.0 Å². The molecule has 0 aliphatic rings. The zero-order chi connectivity index (χ0) is 27.9. The highest BCUT2D eigenvalue weighted by molar-refractivity contribution is 7.92. The van der Waals surface area contributed by atoms with Gasteiger partial charge in [-0.05, 0) is 61.2 Å². The first-order chi connectivity index (χ1) is 18.0. The third kappa shape index (κ3) is 7.36. The second kappa shape index (κ2) is 12.9. The number of hydrogen-bond acceptors (Lipinski definition) is 4. The maximum absolute atomic E-state index is 13.9. The first kappa shape index (κ1) is 29.2. The number of nitrogens with one attached hydrogen (secondary N) is 1. The molecule has 2 amide bonds. The maximum atomic E-state index is 13.9. The first-order valence-electron chi connectivity index (χ1n) is 12.5. The van der Waals surface area contributed by atoms with E-state index in [0.717, 1.165) is 9.87 Å². The van der Waals surface area contributed by atoms with Crippen LogP contribution in [0.2, 0.25) is 5.02 Å². The molecule has 0 heterocycles. The number of anilines is 1. The number of aryl methyl sites for hydroxylation is 1. The van der Waals surface area contributed by atoms with Crippen LogP contribution in [0.25, 0.3) is 0 Å². The Morgan fingerprint density at radius 3 is 2.11 bits per heavy atom. The molecule has 7 nitrogen and oxygen atoms in total. The van der Waals surface area contributed by atoms with Crippen LogP contribution in [-0.4, -0.2) is 44.3 Å². The molecular weight excluding hydrogens is 522 g/mol. The van der Waals surface area contributed by atoms with E-state index in [1.165, 1.54) is 17.0 Å². The fraction of sp³-hybridized carbons (Fsp3) is 0.310. The highest BCUT2D eigenvalue weighted by atomic mass is 35.5. The zero-order valence-electron chi connectivity index (χ0n) is 22.1. The Balaban J connectivity index is 2.02. The predicted octanol–water partition coefficient (Wildman–Crippen LogP) is 5.03. The van der Waals surface area contributed by atoms with Crippen molar-refractivity contribution in [3.05, 3.63) is 95.0 Å². The van der Waals surface area contributed by atoms with Crippen molar-refractivity contribution in [3.63, 3.8) is 0 Å². The normalized spacial score (nSPS) is 12.2. The summed E-state index contributed by atoms with van der Waals surface area (Å²) in [4.78, 5) is 28.4. The summed E-state index contributed by atoms with van der Waals surface area (Å²) in [5.74, 6) is -0.568. The lowest BCUT2D eigenvalue weighted by molar-refractivity contribution is -0.139.